The van der Waals surface area contributed by atoms with Gasteiger partial charge in [-0.1, -0.05) is 29.8 Å². The third-order valence-corrected chi connectivity index (χ3v) is 2.81. The van der Waals surface area contributed by atoms with Crippen molar-refractivity contribution in [1.29, 1.82) is 0 Å². The van der Waals surface area contributed by atoms with E-state index in [2.05, 4.69) is 40.7 Å². The van der Waals surface area contributed by atoms with Gasteiger partial charge < -0.3 is 4.57 Å². The molecule has 0 aliphatic heterocycles. The fourth-order valence-electron chi connectivity index (χ4n) is 1.80. The van der Waals surface area contributed by atoms with Gasteiger partial charge in [0.25, 0.3) is 0 Å². The number of hydrogen-bond donors (Lipinski definition) is 0. The molecule has 0 aliphatic carbocycles. The fourth-order valence-corrected chi connectivity index (χ4v) is 1.80. The minimum absolute atomic E-state index is 1.08. The summed E-state index contributed by atoms with van der Waals surface area (Å²) in [7, 11) is 0. The molecule has 1 heterocycles. The van der Waals surface area contributed by atoms with Gasteiger partial charge in [0.1, 0.15) is 0 Å². The number of imidazole rings is 1. The normalized spacial score (nSPS) is 10.6. The van der Waals surface area contributed by atoms with E-state index in [0.29, 0.717) is 0 Å². The second kappa shape index (κ2) is 5.50. The van der Waals surface area contributed by atoms with Crippen LogP contribution < -0.4 is 0 Å². The van der Waals surface area contributed by atoms with Crippen molar-refractivity contribution in [3.05, 3.63) is 54.1 Å². The summed E-state index contributed by atoms with van der Waals surface area (Å²) in [5.41, 5.74) is 2.78. The molecule has 0 radical (unpaired) electrons. The number of aryl methyl sites for hydroxylation is 3. The Morgan fingerprint density at radius 1 is 1.12 bits per heavy atom. The first kappa shape index (κ1) is 10.9. The van der Waals surface area contributed by atoms with Crippen LogP contribution in [0.4, 0.5) is 0 Å². The molecule has 0 amide bonds. The molecule has 84 valence electrons. The average molecular weight is 214 g/mol. The second-order valence-electron chi connectivity index (χ2n) is 4.24. The van der Waals surface area contributed by atoms with Crippen LogP contribution in [0, 0.1) is 6.92 Å². The summed E-state index contributed by atoms with van der Waals surface area (Å²) in [5, 5.41) is 0. The van der Waals surface area contributed by atoms with Gasteiger partial charge in [-0.05, 0) is 31.7 Å². The predicted molar refractivity (Wildman–Crippen MR) is 66.3 cm³/mol. The average Bonchev–Trinajstić information content (AvgIpc) is 2.80. The summed E-state index contributed by atoms with van der Waals surface area (Å²) in [4.78, 5) is 4.03. The molecule has 0 N–H and O–H groups in total. The van der Waals surface area contributed by atoms with Crippen molar-refractivity contribution >= 4 is 0 Å². The first-order valence-electron chi connectivity index (χ1n) is 5.86. The van der Waals surface area contributed by atoms with Crippen LogP contribution in [0.5, 0.6) is 0 Å². The maximum Gasteiger partial charge on any atom is 0.0945 e. The van der Waals surface area contributed by atoms with E-state index in [1.54, 1.807) is 0 Å². The Labute approximate surface area is 97.0 Å². The van der Waals surface area contributed by atoms with E-state index in [-0.39, 0.29) is 0 Å². The quantitative estimate of drug-likeness (QED) is 0.699. The van der Waals surface area contributed by atoms with E-state index in [1.165, 1.54) is 30.4 Å². The summed E-state index contributed by atoms with van der Waals surface area (Å²) >= 11 is 0. The topological polar surface area (TPSA) is 17.8 Å². The van der Waals surface area contributed by atoms with Crippen LogP contribution in [0.25, 0.3) is 0 Å². The lowest BCUT2D eigenvalue weighted by Gasteiger charge is -2.03. The molecule has 2 rings (SSSR count). The maximum atomic E-state index is 4.03. The van der Waals surface area contributed by atoms with Gasteiger partial charge in [0.2, 0.25) is 0 Å². The van der Waals surface area contributed by atoms with Gasteiger partial charge in [0.15, 0.2) is 0 Å². The van der Waals surface area contributed by atoms with Crippen LogP contribution >= 0.6 is 0 Å². The highest BCUT2D eigenvalue weighted by Crippen LogP contribution is 2.07. The first-order valence-corrected chi connectivity index (χ1v) is 5.86. The zero-order chi connectivity index (χ0) is 11.2. The van der Waals surface area contributed by atoms with Gasteiger partial charge in [-0.2, -0.15) is 0 Å². The van der Waals surface area contributed by atoms with E-state index in [9.17, 15) is 0 Å². The van der Waals surface area contributed by atoms with Crippen LogP contribution in [0.3, 0.4) is 0 Å². The van der Waals surface area contributed by atoms with Crippen LogP contribution in [0.1, 0.15) is 24.0 Å². The van der Waals surface area contributed by atoms with E-state index in [1.807, 2.05) is 18.7 Å². The van der Waals surface area contributed by atoms with Crippen molar-refractivity contribution in [2.45, 2.75) is 32.7 Å². The van der Waals surface area contributed by atoms with Gasteiger partial charge in [-0.25, -0.2) is 4.98 Å². The van der Waals surface area contributed by atoms with Crippen molar-refractivity contribution in [2.75, 3.05) is 0 Å². The van der Waals surface area contributed by atoms with Crippen molar-refractivity contribution in [3.8, 4) is 0 Å². The lowest BCUT2D eigenvalue weighted by molar-refractivity contribution is 0.609. The zero-order valence-electron chi connectivity index (χ0n) is 9.76. The zero-order valence-corrected chi connectivity index (χ0v) is 9.76. The van der Waals surface area contributed by atoms with Crippen molar-refractivity contribution < 1.29 is 0 Å². The van der Waals surface area contributed by atoms with E-state index in [4.69, 9.17) is 0 Å². The molecule has 2 nitrogen and oxygen atoms in total. The Bertz CT molecular complexity index is 401. The van der Waals surface area contributed by atoms with Crippen molar-refractivity contribution in [3.63, 3.8) is 0 Å². The molecule has 0 saturated carbocycles. The van der Waals surface area contributed by atoms with Gasteiger partial charge in [-0.3, -0.25) is 0 Å². The summed E-state index contributed by atoms with van der Waals surface area (Å²) in [5.74, 6) is 0. The summed E-state index contributed by atoms with van der Waals surface area (Å²) in [6, 6.07) is 8.83. The predicted octanol–water partition coefficient (Wildman–Crippen LogP) is 3.21. The largest absolute Gasteiger partial charge is 0.337 e. The Kier molecular flexibility index (Phi) is 3.76. The van der Waals surface area contributed by atoms with Crippen LogP contribution in [0.15, 0.2) is 43.0 Å². The van der Waals surface area contributed by atoms with Crippen LogP contribution in [-0.4, -0.2) is 9.55 Å². The molecule has 0 fully saturated rings. The SMILES string of the molecule is Cc1ccc(CCCCn2ccnc2)cc1. The maximum absolute atomic E-state index is 4.03. The highest BCUT2D eigenvalue weighted by molar-refractivity contribution is 5.21. The van der Waals surface area contributed by atoms with Crippen LogP contribution in [0.2, 0.25) is 0 Å². The number of aromatic nitrogens is 2. The molecule has 0 bridgehead atoms. The number of benzene rings is 1. The van der Waals surface area contributed by atoms with E-state index >= 15 is 0 Å². The standard InChI is InChI=1S/C14H18N2/c1-13-5-7-14(8-6-13)4-2-3-10-16-11-9-15-12-16/h5-9,11-12H,2-4,10H2,1H3. The van der Waals surface area contributed by atoms with Crippen molar-refractivity contribution in [2.24, 2.45) is 0 Å². The lowest BCUT2D eigenvalue weighted by atomic mass is 10.1. The Morgan fingerprint density at radius 2 is 1.94 bits per heavy atom. The number of nitrogens with zero attached hydrogens (tertiary/aromatic N) is 2. The third kappa shape index (κ3) is 3.23. The summed E-state index contributed by atoms with van der Waals surface area (Å²) in [6.45, 7) is 3.20. The van der Waals surface area contributed by atoms with Gasteiger partial charge in [0, 0.05) is 18.9 Å². The Balaban J connectivity index is 1.70. The van der Waals surface area contributed by atoms with Gasteiger partial charge >= 0.3 is 0 Å². The molecule has 0 unspecified atom stereocenters. The highest BCUT2D eigenvalue weighted by atomic mass is 15.0. The highest BCUT2D eigenvalue weighted by Gasteiger charge is 1.94. The second-order valence-corrected chi connectivity index (χ2v) is 4.24. The van der Waals surface area contributed by atoms with E-state index < -0.39 is 0 Å². The molecule has 2 aromatic rings. The van der Waals surface area contributed by atoms with E-state index in [0.717, 1.165) is 6.54 Å². The number of hydrogen-bond acceptors (Lipinski definition) is 1. The molecule has 1 aromatic carbocycles. The molecule has 0 spiro atoms. The Hall–Kier alpha value is -1.57. The molecule has 0 aliphatic rings. The third-order valence-electron chi connectivity index (χ3n) is 2.81. The smallest absolute Gasteiger partial charge is 0.0945 e. The molecule has 0 saturated heterocycles. The molecule has 2 heteroatoms. The molecular formula is C14H18N2. The monoisotopic (exact) mass is 214 g/mol. The fraction of sp³-hybridized carbons (Fsp3) is 0.357. The van der Waals surface area contributed by atoms with Crippen molar-refractivity contribution in [1.82, 2.24) is 9.55 Å². The van der Waals surface area contributed by atoms with Gasteiger partial charge in [-0.15, -0.1) is 0 Å². The number of rotatable bonds is 5. The molecule has 16 heavy (non-hydrogen) atoms. The Morgan fingerprint density at radius 3 is 2.62 bits per heavy atom. The lowest BCUT2D eigenvalue weighted by Crippen LogP contribution is -1.95. The minimum atomic E-state index is 1.08. The van der Waals surface area contributed by atoms with Gasteiger partial charge in [0.05, 0.1) is 6.33 Å². The molecule has 1 aromatic heterocycles. The minimum Gasteiger partial charge on any atom is -0.337 e. The number of unbranched alkanes of at least 4 members (excludes halogenated alkanes) is 1. The summed E-state index contributed by atoms with van der Waals surface area (Å²) < 4.78 is 2.13. The molecular weight excluding hydrogens is 196 g/mol. The molecule has 0 atom stereocenters. The first-order chi connectivity index (χ1) is 7.84. The van der Waals surface area contributed by atoms with Crippen LogP contribution in [-0.2, 0) is 13.0 Å². The summed E-state index contributed by atoms with van der Waals surface area (Å²) in [6.07, 6.45) is 9.36.